The number of rotatable bonds is 3. The Labute approximate surface area is 149 Å². The highest BCUT2D eigenvalue weighted by atomic mass is 32.1. The highest BCUT2D eigenvalue weighted by Gasteiger charge is 2.25. The fourth-order valence-electron chi connectivity index (χ4n) is 3.68. The van der Waals surface area contributed by atoms with Crippen molar-refractivity contribution in [3.05, 3.63) is 57.3 Å². The van der Waals surface area contributed by atoms with Gasteiger partial charge in [0.15, 0.2) is 0 Å². The van der Waals surface area contributed by atoms with Gasteiger partial charge in [0.2, 0.25) is 5.78 Å². The number of halogens is 1. The highest BCUT2D eigenvalue weighted by Crippen LogP contribution is 2.40. The number of carbonyl (C=O) groups excluding carboxylic acids is 1. The van der Waals surface area contributed by atoms with Crippen molar-refractivity contribution < 1.29 is 9.18 Å². The summed E-state index contributed by atoms with van der Waals surface area (Å²) in [6, 6.07) is 5.60. The topological polar surface area (TPSA) is 56.0 Å². The molecule has 5 heteroatoms. The number of hydrogen-bond donors (Lipinski definition) is 1. The van der Waals surface area contributed by atoms with Crippen LogP contribution < -0.4 is 5.73 Å². The minimum absolute atomic E-state index is 0.164. The van der Waals surface area contributed by atoms with Crippen LogP contribution in [0.3, 0.4) is 0 Å². The van der Waals surface area contributed by atoms with Gasteiger partial charge in [0.25, 0.3) is 0 Å². The molecule has 4 rings (SSSR count). The Morgan fingerprint density at radius 3 is 2.56 bits per heavy atom. The number of hydrogen-bond acceptors (Lipinski definition) is 4. The van der Waals surface area contributed by atoms with Crippen LogP contribution in [-0.4, -0.2) is 10.8 Å². The van der Waals surface area contributed by atoms with Crippen molar-refractivity contribution in [2.75, 3.05) is 5.73 Å². The Morgan fingerprint density at radius 2 is 1.88 bits per heavy atom. The van der Waals surface area contributed by atoms with E-state index in [9.17, 15) is 9.18 Å². The number of fused-ring (bicyclic) bond motifs is 3. The molecule has 0 spiro atoms. The maximum Gasteiger partial charge on any atom is 0.205 e. The zero-order chi connectivity index (χ0) is 17.6. The van der Waals surface area contributed by atoms with Gasteiger partial charge >= 0.3 is 0 Å². The molecule has 0 amide bonds. The third kappa shape index (κ3) is 2.63. The van der Waals surface area contributed by atoms with Gasteiger partial charge in [0.05, 0.1) is 5.69 Å². The molecule has 2 N–H and O–H groups in total. The number of aryl methyl sites for hydroxylation is 2. The molecular weight excluding hydrogens is 335 g/mol. The predicted molar refractivity (Wildman–Crippen MR) is 99.9 cm³/mol. The minimum Gasteiger partial charge on any atom is -0.397 e. The molecule has 1 aliphatic rings. The fourth-order valence-corrected chi connectivity index (χ4v) is 4.79. The molecule has 3 aromatic rings. The lowest BCUT2D eigenvalue weighted by atomic mass is 9.88. The Hall–Kier alpha value is -2.27. The monoisotopic (exact) mass is 354 g/mol. The molecule has 2 aromatic heterocycles. The zero-order valence-corrected chi connectivity index (χ0v) is 14.9. The van der Waals surface area contributed by atoms with E-state index in [0.29, 0.717) is 16.1 Å². The molecule has 0 saturated carbocycles. The SMILES string of the molecule is CCc1nc2sc(C(=O)c3ccc(F)cc3)c(N)c2c2c1CCCC2. The van der Waals surface area contributed by atoms with Gasteiger partial charge in [-0.05, 0) is 67.5 Å². The van der Waals surface area contributed by atoms with Crippen LogP contribution in [0.5, 0.6) is 0 Å². The number of carbonyl (C=O) groups is 1. The second kappa shape index (κ2) is 6.23. The number of nitrogens with two attached hydrogens (primary N) is 1. The molecule has 0 radical (unpaired) electrons. The van der Waals surface area contributed by atoms with Gasteiger partial charge in [-0.1, -0.05) is 6.92 Å². The molecule has 128 valence electrons. The minimum atomic E-state index is -0.357. The average molecular weight is 354 g/mol. The van der Waals surface area contributed by atoms with Gasteiger partial charge in [-0.2, -0.15) is 0 Å². The first-order valence-corrected chi connectivity index (χ1v) is 9.44. The summed E-state index contributed by atoms with van der Waals surface area (Å²) in [5.74, 6) is -0.521. The summed E-state index contributed by atoms with van der Waals surface area (Å²) in [5, 5.41) is 0.961. The van der Waals surface area contributed by atoms with E-state index in [0.717, 1.165) is 41.6 Å². The summed E-state index contributed by atoms with van der Waals surface area (Å²) in [6.45, 7) is 2.12. The number of nitrogens with zero attached hydrogens (tertiary/aromatic N) is 1. The van der Waals surface area contributed by atoms with Gasteiger partial charge in [0, 0.05) is 16.6 Å². The molecular formula is C20H19FN2OS. The van der Waals surface area contributed by atoms with E-state index in [4.69, 9.17) is 10.7 Å². The third-order valence-corrected chi connectivity index (χ3v) is 6.03. The van der Waals surface area contributed by atoms with Gasteiger partial charge in [-0.25, -0.2) is 9.37 Å². The van der Waals surface area contributed by atoms with E-state index in [2.05, 4.69) is 6.92 Å². The lowest BCUT2D eigenvalue weighted by Gasteiger charge is -2.19. The summed E-state index contributed by atoms with van der Waals surface area (Å²) in [5.41, 5.74) is 11.1. The zero-order valence-electron chi connectivity index (χ0n) is 14.1. The summed E-state index contributed by atoms with van der Waals surface area (Å²) < 4.78 is 13.1. The maximum atomic E-state index is 13.1. The number of nitrogen functional groups attached to an aromatic ring is 1. The van der Waals surface area contributed by atoms with Crippen LogP contribution in [0.2, 0.25) is 0 Å². The second-order valence-corrected chi connectivity index (χ2v) is 7.44. The molecule has 0 saturated heterocycles. The molecule has 3 nitrogen and oxygen atoms in total. The van der Waals surface area contributed by atoms with E-state index >= 15 is 0 Å². The first kappa shape index (κ1) is 16.2. The lowest BCUT2D eigenvalue weighted by Crippen LogP contribution is -2.09. The highest BCUT2D eigenvalue weighted by molar-refractivity contribution is 7.21. The Balaban J connectivity index is 1.90. The lowest BCUT2D eigenvalue weighted by molar-refractivity contribution is 0.104. The Morgan fingerprint density at radius 1 is 1.20 bits per heavy atom. The number of ketones is 1. The first-order chi connectivity index (χ1) is 12.1. The van der Waals surface area contributed by atoms with E-state index in [1.165, 1.54) is 53.1 Å². The van der Waals surface area contributed by atoms with Gasteiger partial charge < -0.3 is 5.73 Å². The number of anilines is 1. The summed E-state index contributed by atoms with van der Waals surface area (Å²) >= 11 is 1.35. The molecule has 25 heavy (non-hydrogen) atoms. The number of benzene rings is 1. The molecule has 0 unspecified atom stereocenters. The summed E-state index contributed by atoms with van der Waals surface area (Å²) in [7, 11) is 0. The van der Waals surface area contributed by atoms with E-state index < -0.39 is 0 Å². The maximum absolute atomic E-state index is 13.1. The first-order valence-electron chi connectivity index (χ1n) is 8.63. The van der Waals surface area contributed by atoms with E-state index in [-0.39, 0.29) is 11.6 Å². The Kier molecular flexibility index (Phi) is 4.04. The molecule has 2 heterocycles. The predicted octanol–water partition coefficient (Wildman–Crippen LogP) is 4.69. The van der Waals surface area contributed by atoms with Gasteiger partial charge in [0.1, 0.15) is 15.5 Å². The second-order valence-electron chi connectivity index (χ2n) is 6.44. The average Bonchev–Trinajstić information content (AvgIpc) is 2.98. The van der Waals surface area contributed by atoms with Crippen molar-refractivity contribution in [3.8, 4) is 0 Å². The Bertz CT molecular complexity index is 976. The van der Waals surface area contributed by atoms with Crippen LogP contribution in [0.1, 0.15) is 51.8 Å². The van der Waals surface area contributed by atoms with Gasteiger partial charge in [-0.15, -0.1) is 11.3 Å². The number of pyridine rings is 1. The molecule has 1 aliphatic carbocycles. The van der Waals surface area contributed by atoms with Crippen LogP contribution >= 0.6 is 11.3 Å². The summed E-state index contributed by atoms with van der Waals surface area (Å²) in [4.78, 5) is 19.0. The van der Waals surface area contributed by atoms with Crippen LogP contribution in [-0.2, 0) is 19.3 Å². The van der Waals surface area contributed by atoms with Crippen LogP contribution in [0, 0.1) is 5.82 Å². The number of aromatic nitrogens is 1. The van der Waals surface area contributed by atoms with Crippen LogP contribution in [0.15, 0.2) is 24.3 Å². The normalized spacial score (nSPS) is 13.8. The third-order valence-electron chi connectivity index (χ3n) is 4.93. The molecule has 0 atom stereocenters. The van der Waals surface area contributed by atoms with E-state index in [1.807, 2.05) is 0 Å². The molecule has 1 aromatic carbocycles. The fraction of sp³-hybridized carbons (Fsp3) is 0.300. The van der Waals surface area contributed by atoms with Crippen molar-refractivity contribution in [1.29, 1.82) is 0 Å². The molecule has 0 fully saturated rings. The largest absolute Gasteiger partial charge is 0.397 e. The standard InChI is InChI=1S/C20H19FN2OS/c1-2-15-13-5-3-4-6-14(13)16-17(22)19(25-20(16)23-15)18(24)11-7-9-12(21)10-8-11/h7-10H,2-6,22H2,1H3. The van der Waals surface area contributed by atoms with Crippen LogP contribution in [0.4, 0.5) is 10.1 Å². The quantitative estimate of drug-likeness (QED) is 0.694. The molecule has 0 bridgehead atoms. The van der Waals surface area contributed by atoms with Gasteiger partial charge in [-0.3, -0.25) is 4.79 Å². The van der Waals surface area contributed by atoms with Crippen molar-refractivity contribution >= 4 is 33.0 Å². The molecule has 0 aliphatic heterocycles. The van der Waals surface area contributed by atoms with Crippen LogP contribution in [0.25, 0.3) is 10.2 Å². The van der Waals surface area contributed by atoms with E-state index in [1.54, 1.807) is 0 Å². The smallest absolute Gasteiger partial charge is 0.205 e. The van der Waals surface area contributed by atoms with Crippen molar-refractivity contribution in [2.45, 2.75) is 39.0 Å². The number of thiophene rings is 1. The van der Waals surface area contributed by atoms with Crippen molar-refractivity contribution in [1.82, 2.24) is 4.98 Å². The van der Waals surface area contributed by atoms with Crippen molar-refractivity contribution in [2.24, 2.45) is 0 Å². The van der Waals surface area contributed by atoms with Crippen molar-refractivity contribution in [3.63, 3.8) is 0 Å². The summed E-state index contributed by atoms with van der Waals surface area (Å²) in [6.07, 6.45) is 5.24.